The van der Waals surface area contributed by atoms with Crippen molar-refractivity contribution < 1.29 is 24.1 Å². The van der Waals surface area contributed by atoms with Gasteiger partial charge in [-0.25, -0.2) is 4.99 Å². The number of halogens is 1. The average Bonchev–Trinajstić information content (AvgIpc) is 2.73. The van der Waals surface area contributed by atoms with Gasteiger partial charge in [0.15, 0.2) is 22.4 Å². The molecule has 0 bridgehead atoms. The van der Waals surface area contributed by atoms with Gasteiger partial charge in [0.25, 0.3) is 5.56 Å². The van der Waals surface area contributed by atoms with E-state index in [9.17, 15) is 14.7 Å². The Balaban J connectivity index is 2.48. The summed E-state index contributed by atoms with van der Waals surface area (Å²) in [6, 6.07) is 1.55. The molecular weight excluding hydrogens is 414 g/mol. The Morgan fingerprint density at radius 2 is 2.03 bits per heavy atom. The minimum absolute atomic E-state index is 0.0154. The van der Waals surface area contributed by atoms with Crippen LogP contribution in [0.1, 0.15) is 25.8 Å². The van der Waals surface area contributed by atoms with Crippen LogP contribution in [0.3, 0.4) is 0 Å². The molecule has 1 aliphatic rings. The van der Waals surface area contributed by atoms with Crippen LogP contribution >= 0.6 is 11.6 Å². The lowest BCUT2D eigenvalue weighted by Crippen LogP contribution is -2.29. The number of aromatic nitrogens is 1. The van der Waals surface area contributed by atoms with Gasteiger partial charge in [0.1, 0.15) is 17.9 Å². The monoisotopic (exact) mass is 435 g/mol. The number of nitrogens with zero attached hydrogens (tertiary/aromatic N) is 3. The molecule has 0 atom stereocenters. The van der Waals surface area contributed by atoms with Crippen LogP contribution in [0.4, 0.5) is 5.69 Å². The SMILES string of the molecule is CCCN=C1C(Cl)=Nc2c(OC)c(OC)cc3c2c1c(O)c(=O)n3CC(=O)OCC. The second-order valence-electron chi connectivity index (χ2n) is 6.41. The van der Waals surface area contributed by atoms with Gasteiger partial charge < -0.3 is 19.3 Å². The number of rotatable bonds is 7. The fraction of sp³-hybridized carbons (Fsp3) is 0.400. The molecule has 0 saturated carbocycles. The van der Waals surface area contributed by atoms with Gasteiger partial charge in [0, 0.05) is 18.0 Å². The normalized spacial score (nSPS) is 14.0. The second-order valence-corrected chi connectivity index (χ2v) is 6.77. The molecule has 160 valence electrons. The van der Waals surface area contributed by atoms with Crippen LogP contribution in [0.15, 0.2) is 20.8 Å². The molecule has 10 heteroatoms. The Morgan fingerprint density at radius 3 is 2.63 bits per heavy atom. The van der Waals surface area contributed by atoms with Crippen LogP contribution in [0.2, 0.25) is 0 Å². The maximum absolute atomic E-state index is 13.0. The maximum atomic E-state index is 13.0. The summed E-state index contributed by atoms with van der Waals surface area (Å²) < 4.78 is 16.9. The second kappa shape index (κ2) is 8.74. The molecule has 0 unspecified atom stereocenters. The summed E-state index contributed by atoms with van der Waals surface area (Å²) in [5.74, 6) is -0.637. The van der Waals surface area contributed by atoms with Crippen LogP contribution in [-0.4, -0.2) is 53.9 Å². The van der Waals surface area contributed by atoms with Crippen molar-refractivity contribution in [3.8, 4) is 17.2 Å². The summed E-state index contributed by atoms with van der Waals surface area (Å²) >= 11 is 6.37. The van der Waals surface area contributed by atoms with Gasteiger partial charge in [0.05, 0.1) is 31.9 Å². The Kier molecular flexibility index (Phi) is 6.31. The lowest BCUT2D eigenvalue weighted by molar-refractivity contribution is -0.143. The largest absolute Gasteiger partial charge is 0.503 e. The third kappa shape index (κ3) is 3.49. The summed E-state index contributed by atoms with van der Waals surface area (Å²) in [5, 5.41) is 11.2. The average molecular weight is 436 g/mol. The summed E-state index contributed by atoms with van der Waals surface area (Å²) in [5.41, 5.74) is 0.167. The number of esters is 1. The van der Waals surface area contributed by atoms with Crippen LogP contribution in [0, 0.1) is 0 Å². The highest BCUT2D eigenvalue weighted by Crippen LogP contribution is 2.48. The lowest BCUT2D eigenvalue weighted by Gasteiger charge is -2.23. The van der Waals surface area contributed by atoms with Crippen LogP contribution in [0.25, 0.3) is 10.9 Å². The highest BCUT2D eigenvalue weighted by molar-refractivity contribution is 6.87. The molecule has 0 fully saturated rings. The van der Waals surface area contributed by atoms with E-state index >= 15 is 0 Å². The van der Waals surface area contributed by atoms with Gasteiger partial charge in [-0.15, -0.1) is 0 Å². The Labute approximate surface area is 177 Å². The van der Waals surface area contributed by atoms with Gasteiger partial charge >= 0.3 is 5.97 Å². The first-order valence-electron chi connectivity index (χ1n) is 9.38. The van der Waals surface area contributed by atoms with Crippen molar-refractivity contribution in [1.82, 2.24) is 4.57 Å². The maximum Gasteiger partial charge on any atom is 0.326 e. The fourth-order valence-electron chi connectivity index (χ4n) is 3.34. The minimum atomic E-state index is -0.778. The number of aromatic hydroxyl groups is 1. The van der Waals surface area contributed by atoms with E-state index in [4.69, 9.17) is 25.8 Å². The van der Waals surface area contributed by atoms with E-state index in [-0.39, 0.29) is 40.2 Å². The molecular formula is C20H22ClN3O6. The fourth-order valence-corrected chi connectivity index (χ4v) is 3.58. The molecule has 0 spiro atoms. The zero-order valence-corrected chi connectivity index (χ0v) is 17.9. The predicted octanol–water partition coefficient (Wildman–Crippen LogP) is 2.77. The molecule has 0 radical (unpaired) electrons. The summed E-state index contributed by atoms with van der Waals surface area (Å²) in [6.45, 7) is 3.79. The van der Waals surface area contributed by atoms with Gasteiger partial charge in [-0.3, -0.25) is 19.1 Å². The van der Waals surface area contributed by atoms with E-state index in [1.54, 1.807) is 13.0 Å². The third-order valence-electron chi connectivity index (χ3n) is 4.58. The zero-order chi connectivity index (χ0) is 22.0. The predicted molar refractivity (Wildman–Crippen MR) is 114 cm³/mol. The van der Waals surface area contributed by atoms with Gasteiger partial charge in [-0.2, -0.15) is 0 Å². The van der Waals surface area contributed by atoms with Crippen molar-refractivity contribution in [2.75, 3.05) is 27.4 Å². The standard InChI is InChI=1S/C20H22ClN3O6/c1-5-7-22-16-14-13-10(24(20(27)17(14)26)9-12(25)30-6-2)8-11(28-3)18(29-4)15(13)23-19(16)21/h8,26H,5-7,9H2,1-4H3. The van der Waals surface area contributed by atoms with Crippen LogP contribution in [-0.2, 0) is 16.1 Å². The molecule has 3 rings (SSSR count). The molecule has 9 nitrogen and oxygen atoms in total. The molecule has 0 saturated heterocycles. The summed E-state index contributed by atoms with van der Waals surface area (Å²) in [4.78, 5) is 33.9. The van der Waals surface area contributed by atoms with Crippen LogP contribution < -0.4 is 15.0 Å². The van der Waals surface area contributed by atoms with Gasteiger partial charge in [0.2, 0.25) is 0 Å². The molecule has 2 heterocycles. The molecule has 2 aromatic rings. The minimum Gasteiger partial charge on any atom is -0.503 e. The first-order valence-corrected chi connectivity index (χ1v) is 9.76. The van der Waals surface area contributed by atoms with Crippen molar-refractivity contribution in [3.05, 3.63) is 22.0 Å². The number of carbonyl (C=O) groups excluding carboxylic acids is 1. The third-order valence-corrected chi connectivity index (χ3v) is 4.84. The Morgan fingerprint density at radius 1 is 1.30 bits per heavy atom. The van der Waals surface area contributed by atoms with E-state index in [0.29, 0.717) is 17.4 Å². The smallest absolute Gasteiger partial charge is 0.326 e. The number of aliphatic imine (C=N–C) groups is 2. The molecule has 0 aliphatic carbocycles. The lowest BCUT2D eigenvalue weighted by atomic mass is 9.98. The number of benzene rings is 1. The quantitative estimate of drug-likeness (QED) is 0.669. The summed E-state index contributed by atoms with van der Waals surface area (Å²) in [6.07, 6.45) is 0.732. The number of hydrogen-bond acceptors (Lipinski definition) is 8. The van der Waals surface area contributed by atoms with Crippen molar-refractivity contribution in [2.45, 2.75) is 26.8 Å². The van der Waals surface area contributed by atoms with Crippen molar-refractivity contribution in [1.29, 1.82) is 0 Å². The van der Waals surface area contributed by atoms with Gasteiger partial charge in [-0.05, 0) is 13.3 Å². The Hall–Kier alpha value is -3.07. The van der Waals surface area contributed by atoms with Crippen molar-refractivity contribution >= 4 is 45.0 Å². The molecule has 30 heavy (non-hydrogen) atoms. The zero-order valence-electron chi connectivity index (χ0n) is 17.1. The van der Waals surface area contributed by atoms with Crippen molar-refractivity contribution in [3.63, 3.8) is 0 Å². The van der Waals surface area contributed by atoms with Gasteiger partial charge in [-0.1, -0.05) is 18.5 Å². The van der Waals surface area contributed by atoms with E-state index in [1.807, 2.05) is 6.92 Å². The first kappa shape index (κ1) is 21.6. The van der Waals surface area contributed by atoms with Crippen molar-refractivity contribution in [2.24, 2.45) is 9.98 Å². The Bertz CT molecular complexity index is 1140. The van der Waals surface area contributed by atoms with E-state index in [1.165, 1.54) is 14.2 Å². The highest BCUT2D eigenvalue weighted by Gasteiger charge is 2.32. The molecule has 1 aliphatic heterocycles. The number of hydrogen-bond donors (Lipinski definition) is 1. The first-order chi connectivity index (χ1) is 14.4. The van der Waals surface area contributed by atoms with E-state index in [0.717, 1.165) is 11.0 Å². The highest BCUT2D eigenvalue weighted by atomic mass is 35.5. The topological polar surface area (TPSA) is 112 Å². The molecule has 1 N–H and O–H groups in total. The molecule has 0 amide bonds. The number of pyridine rings is 1. The summed E-state index contributed by atoms with van der Waals surface area (Å²) in [7, 11) is 2.88. The molecule has 1 aromatic carbocycles. The molecule has 1 aromatic heterocycles. The van der Waals surface area contributed by atoms with E-state index < -0.39 is 23.8 Å². The number of ether oxygens (including phenoxy) is 3. The number of carbonyl (C=O) groups is 1. The van der Waals surface area contributed by atoms with E-state index in [2.05, 4.69) is 9.98 Å². The number of methoxy groups -OCH3 is 2. The van der Waals surface area contributed by atoms with Crippen LogP contribution in [0.5, 0.6) is 17.2 Å².